The number of nitro groups is 1. The highest BCUT2D eigenvalue weighted by Crippen LogP contribution is 2.25. The normalized spacial score (nSPS) is 11.1. The van der Waals surface area contributed by atoms with E-state index < -0.39 is 29.2 Å². The number of carbonyl (C=O) groups is 1. The van der Waals surface area contributed by atoms with E-state index in [0.29, 0.717) is 0 Å². The maximum absolute atomic E-state index is 11.9. The minimum atomic E-state index is -4.99. The van der Waals surface area contributed by atoms with Gasteiger partial charge in [0.15, 0.2) is 0 Å². The molecule has 0 radical (unpaired) electrons. The van der Waals surface area contributed by atoms with Gasteiger partial charge in [-0.1, -0.05) is 17.7 Å². The van der Waals surface area contributed by atoms with Crippen LogP contribution in [-0.4, -0.2) is 17.0 Å². The molecule has 0 aliphatic heterocycles. The fourth-order valence-corrected chi connectivity index (χ4v) is 1.28. The zero-order valence-corrected chi connectivity index (χ0v) is 9.38. The Bertz CT molecular complexity index is 490. The van der Waals surface area contributed by atoms with Gasteiger partial charge < -0.3 is 5.32 Å². The first-order chi connectivity index (χ1) is 8.21. The Labute approximate surface area is 104 Å². The number of nitrogens with one attached hydrogen (secondary N) is 1. The van der Waals surface area contributed by atoms with Crippen LogP contribution in [0.2, 0.25) is 5.02 Å². The van der Waals surface area contributed by atoms with Crippen molar-refractivity contribution in [1.29, 1.82) is 0 Å². The lowest BCUT2D eigenvalue weighted by Crippen LogP contribution is -2.36. The topological polar surface area (TPSA) is 72.2 Å². The molecular weight excluding hydrogens is 277 g/mol. The maximum Gasteiger partial charge on any atom is 0.471 e. The van der Waals surface area contributed by atoms with E-state index in [9.17, 15) is 28.1 Å². The first-order valence-corrected chi connectivity index (χ1v) is 4.87. The lowest BCUT2D eigenvalue weighted by molar-refractivity contribution is -0.384. The number of hydrogen-bond acceptors (Lipinski definition) is 3. The molecule has 0 saturated carbocycles. The van der Waals surface area contributed by atoms with Gasteiger partial charge in [-0.05, 0) is 11.6 Å². The second kappa shape index (κ2) is 5.21. The Morgan fingerprint density at radius 3 is 2.56 bits per heavy atom. The second-order valence-electron chi connectivity index (χ2n) is 3.22. The van der Waals surface area contributed by atoms with Crippen molar-refractivity contribution in [3.05, 3.63) is 38.9 Å². The SMILES string of the molecule is O=C(NCc1ccc(Cl)c([N+](=O)[O-])c1)C(F)(F)F. The number of nitrogens with zero attached hydrogens (tertiary/aromatic N) is 1. The zero-order chi connectivity index (χ0) is 13.9. The van der Waals surface area contributed by atoms with E-state index in [1.165, 1.54) is 12.1 Å². The third-order valence-corrected chi connectivity index (χ3v) is 2.24. The number of benzene rings is 1. The molecule has 0 fully saturated rings. The molecule has 9 heteroatoms. The minimum Gasteiger partial charge on any atom is -0.344 e. The molecule has 1 rings (SSSR count). The van der Waals surface area contributed by atoms with Gasteiger partial charge in [-0.3, -0.25) is 14.9 Å². The maximum atomic E-state index is 11.9. The Morgan fingerprint density at radius 2 is 2.06 bits per heavy atom. The summed E-state index contributed by atoms with van der Waals surface area (Å²) in [6.07, 6.45) is -4.99. The summed E-state index contributed by atoms with van der Waals surface area (Å²) in [5, 5.41) is 12.0. The van der Waals surface area contributed by atoms with Crippen LogP contribution >= 0.6 is 11.6 Å². The molecule has 0 unspecified atom stereocenters. The molecule has 0 aromatic heterocycles. The molecule has 0 saturated heterocycles. The van der Waals surface area contributed by atoms with Gasteiger partial charge in [-0.15, -0.1) is 0 Å². The summed E-state index contributed by atoms with van der Waals surface area (Å²) in [5.74, 6) is -2.11. The summed E-state index contributed by atoms with van der Waals surface area (Å²) >= 11 is 5.52. The third kappa shape index (κ3) is 3.59. The second-order valence-corrected chi connectivity index (χ2v) is 3.63. The average molecular weight is 283 g/mol. The van der Waals surface area contributed by atoms with Crippen molar-refractivity contribution >= 4 is 23.2 Å². The predicted octanol–water partition coefficient (Wildman–Crippen LogP) is 2.43. The Balaban J connectivity index is 2.78. The van der Waals surface area contributed by atoms with Crippen LogP contribution < -0.4 is 5.32 Å². The number of carbonyl (C=O) groups excluding carboxylic acids is 1. The van der Waals surface area contributed by atoms with Crippen LogP contribution in [0.3, 0.4) is 0 Å². The van der Waals surface area contributed by atoms with Crippen LogP contribution in [0.4, 0.5) is 18.9 Å². The molecular formula is C9H6ClF3N2O3. The van der Waals surface area contributed by atoms with E-state index in [1.807, 2.05) is 0 Å². The number of amides is 1. The van der Waals surface area contributed by atoms with Crippen molar-refractivity contribution in [2.75, 3.05) is 0 Å². The summed E-state index contributed by atoms with van der Waals surface area (Å²) < 4.78 is 35.6. The third-order valence-electron chi connectivity index (χ3n) is 1.92. The van der Waals surface area contributed by atoms with Crippen LogP contribution in [0, 0.1) is 10.1 Å². The molecule has 98 valence electrons. The van der Waals surface area contributed by atoms with E-state index in [-0.39, 0.29) is 10.6 Å². The molecule has 0 aliphatic carbocycles. The van der Waals surface area contributed by atoms with Gasteiger partial charge in [0.05, 0.1) is 4.92 Å². The van der Waals surface area contributed by atoms with Crippen molar-refractivity contribution < 1.29 is 22.9 Å². The van der Waals surface area contributed by atoms with Gasteiger partial charge in [-0.2, -0.15) is 13.2 Å². The van der Waals surface area contributed by atoms with Gasteiger partial charge in [0.1, 0.15) is 5.02 Å². The molecule has 1 aromatic rings. The van der Waals surface area contributed by atoms with E-state index >= 15 is 0 Å². The summed E-state index contributed by atoms with van der Waals surface area (Å²) in [6, 6.07) is 3.46. The Kier molecular flexibility index (Phi) is 4.12. The number of hydrogen-bond donors (Lipinski definition) is 1. The van der Waals surface area contributed by atoms with Crippen LogP contribution in [0.25, 0.3) is 0 Å². The van der Waals surface area contributed by atoms with Crippen LogP contribution in [-0.2, 0) is 11.3 Å². The van der Waals surface area contributed by atoms with Crippen molar-refractivity contribution in [3.63, 3.8) is 0 Å². The summed E-state index contributed by atoms with van der Waals surface area (Å²) in [5.41, 5.74) is -0.292. The van der Waals surface area contributed by atoms with Crippen molar-refractivity contribution in [2.24, 2.45) is 0 Å². The van der Waals surface area contributed by atoms with E-state index in [4.69, 9.17) is 11.6 Å². The molecule has 0 heterocycles. The zero-order valence-electron chi connectivity index (χ0n) is 8.62. The molecule has 0 atom stereocenters. The van der Waals surface area contributed by atoms with E-state index in [1.54, 1.807) is 5.32 Å². The van der Waals surface area contributed by atoms with E-state index in [0.717, 1.165) is 6.07 Å². The first kappa shape index (κ1) is 14.2. The Morgan fingerprint density at radius 1 is 1.44 bits per heavy atom. The molecule has 18 heavy (non-hydrogen) atoms. The van der Waals surface area contributed by atoms with Gasteiger partial charge in [0, 0.05) is 12.6 Å². The minimum absolute atomic E-state index is 0.133. The van der Waals surface area contributed by atoms with Crippen LogP contribution in [0.1, 0.15) is 5.56 Å². The average Bonchev–Trinajstić information content (AvgIpc) is 2.25. The van der Waals surface area contributed by atoms with Gasteiger partial charge in [0.25, 0.3) is 5.69 Å². The van der Waals surface area contributed by atoms with Gasteiger partial charge in [0.2, 0.25) is 0 Å². The Hall–Kier alpha value is -1.83. The molecule has 0 bridgehead atoms. The smallest absolute Gasteiger partial charge is 0.344 e. The molecule has 1 aromatic carbocycles. The number of rotatable bonds is 3. The number of nitro benzene ring substituents is 1. The summed E-state index contributed by atoms with van der Waals surface area (Å²) in [6.45, 7) is -0.476. The fraction of sp³-hybridized carbons (Fsp3) is 0.222. The highest BCUT2D eigenvalue weighted by Gasteiger charge is 2.38. The van der Waals surface area contributed by atoms with Crippen molar-refractivity contribution in [3.8, 4) is 0 Å². The van der Waals surface area contributed by atoms with Gasteiger partial charge in [-0.25, -0.2) is 0 Å². The standard InChI is InChI=1S/C9H6ClF3N2O3/c10-6-2-1-5(3-7(6)15(17)18)4-14-8(16)9(11,12)13/h1-3H,4H2,(H,14,16). The van der Waals surface area contributed by atoms with Crippen LogP contribution in [0.5, 0.6) is 0 Å². The largest absolute Gasteiger partial charge is 0.471 e. The lowest BCUT2D eigenvalue weighted by Gasteiger charge is -2.07. The highest BCUT2D eigenvalue weighted by atomic mass is 35.5. The van der Waals surface area contributed by atoms with Gasteiger partial charge >= 0.3 is 12.1 Å². The first-order valence-electron chi connectivity index (χ1n) is 4.49. The van der Waals surface area contributed by atoms with E-state index in [2.05, 4.69) is 0 Å². The lowest BCUT2D eigenvalue weighted by atomic mass is 10.2. The molecule has 0 aliphatic rings. The molecule has 1 N–H and O–H groups in total. The van der Waals surface area contributed by atoms with Crippen molar-refractivity contribution in [1.82, 2.24) is 5.32 Å². The predicted molar refractivity (Wildman–Crippen MR) is 56.0 cm³/mol. The number of halogens is 4. The highest BCUT2D eigenvalue weighted by molar-refractivity contribution is 6.32. The summed E-state index contributed by atoms with van der Waals surface area (Å²) in [4.78, 5) is 20.3. The summed E-state index contributed by atoms with van der Waals surface area (Å²) in [7, 11) is 0. The van der Waals surface area contributed by atoms with Crippen LogP contribution in [0.15, 0.2) is 18.2 Å². The monoisotopic (exact) mass is 282 g/mol. The fourth-order valence-electron chi connectivity index (χ4n) is 1.09. The van der Waals surface area contributed by atoms with Crippen molar-refractivity contribution in [2.45, 2.75) is 12.7 Å². The molecule has 1 amide bonds. The quantitative estimate of drug-likeness (QED) is 0.683. The molecule has 0 spiro atoms. The number of alkyl halides is 3. The molecule has 5 nitrogen and oxygen atoms in total.